The number of rotatable bonds is 2. The normalized spacial score (nSPS) is 36.4. The molecule has 1 aliphatic heterocycles. The zero-order chi connectivity index (χ0) is 8.82. The summed E-state index contributed by atoms with van der Waals surface area (Å²) in [5.41, 5.74) is 0.947. The SMILES string of the molecule is CCC1=NO[C@](O)(CC)C12CC2. The molecular weight excluding hydrogens is 154 g/mol. The molecule has 3 nitrogen and oxygen atoms in total. The molecule has 0 saturated heterocycles. The summed E-state index contributed by atoms with van der Waals surface area (Å²) in [6.45, 7) is 4.00. The molecule has 2 aliphatic rings. The smallest absolute Gasteiger partial charge is 0.245 e. The summed E-state index contributed by atoms with van der Waals surface area (Å²) in [6, 6.07) is 0. The maximum Gasteiger partial charge on any atom is 0.245 e. The molecule has 1 spiro atoms. The summed E-state index contributed by atoms with van der Waals surface area (Å²) < 4.78 is 0. The van der Waals surface area contributed by atoms with Crippen molar-refractivity contribution >= 4 is 5.71 Å². The van der Waals surface area contributed by atoms with E-state index in [1.807, 2.05) is 6.92 Å². The molecule has 1 heterocycles. The average Bonchev–Trinajstić information content (AvgIpc) is 2.81. The second kappa shape index (κ2) is 2.22. The molecule has 0 unspecified atom stereocenters. The number of hydrogen-bond donors (Lipinski definition) is 1. The molecule has 12 heavy (non-hydrogen) atoms. The van der Waals surface area contributed by atoms with Crippen molar-refractivity contribution in [2.24, 2.45) is 10.6 Å². The highest BCUT2D eigenvalue weighted by Crippen LogP contribution is 2.60. The lowest BCUT2D eigenvalue weighted by Crippen LogP contribution is -2.39. The van der Waals surface area contributed by atoms with Gasteiger partial charge in [0.2, 0.25) is 5.79 Å². The fraction of sp³-hybridized carbons (Fsp3) is 0.889. The van der Waals surface area contributed by atoms with Crippen molar-refractivity contribution in [3.63, 3.8) is 0 Å². The fourth-order valence-corrected chi connectivity index (χ4v) is 2.14. The van der Waals surface area contributed by atoms with Crippen molar-refractivity contribution in [1.82, 2.24) is 0 Å². The lowest BCUT2D eigenvalue weighted by atomic mass is 9.87. The molecular formula is C9H15NO2. The standard InChI is InChI=1S/C9H15NO2/c1-3-7-8(5-6-8)9(11,4-2)12-10-7/h11H,3-6H2,1-2H3/t9-/m1/s1. The highest BCUT2D eigenvalue weighted by molar-refractivity contribution is 5.94. The van der Waals surface area contributed by atoms with Gasteiger partial charge in [-0.05, 0) is 19.3 Å². The van der Waals surface area contributed by atoms with Crippen molar-refractivity contribution in [2.75, 3.05) is 0 Å². The van der Waals surface area contributed by atoms with Crippen LogP contribution in [0.3, 0.4) is 0 Å². The third-order valence-corrected chi connectivity index (χ3v) is 3.17. The van der Waals surface area contributed by atoms with E-state index < -0.39 is 5.79 Å². The Morgan fingerprint density at radius 3 is 2.58 bits per heavy atom. The van der Waals surface area contributed by atoms with E-state index in [2.05, 4.69) is 12.1 Å². The van der Waals surface area contributed by atoms with Crippen LogP contribution in [-0.2, 0) is 4.84 Å². The van der Waals surface area contributed by atoms with Crippen molar-refractivity contribution < 1.29 is 9.94 Å². The molecule has 1 atom stereocenters. The van der Waals surface area contributed by atoms with Gasteiger partial charge in [0, 0.05) is 6.42 Å². The molecule has 0 radical (unpaired) electrons. The monoisotopic (exact) mass is 169 g/mol. The fourth-order valence-electron chi connectivity index (χ4n) is 2.14. The summed E-state index contributed by atoms with van der Waals surface area (Å²) in [5, 5.41) is 14.0. The highest BCUT2D eigenvalue weighted by Gasteiger charge is 2.66. The molecule has 1 aliphatic carbocycles. The van der Waals surface area contributed by atoms with E-state index in [1.54, 1.807) is 0 Å². The van der Waals surface area contributed by atoms with Crippen LogP contribution < -0.4 is 0 Å². The minimum atomic E-state index is -0.988. The van der Waals surface area contributed by atoms with Crippen LogP contribution in [0.25, 0.3) is 0 Å². The van der Waals surface area contributed by atoms with E-state index >= 15 is 0 Å². The van der Waals surface area contributed by atoms with Gasteiger partial charge in [-0.25, -0.2) is 0 Å². The van der Waals surface area contributed by atoms with Gasteiger partial charge < -0.3 is 9.94 Å². The topological polar surface area (TPSA) is 41.8 Å². The predicted molar refractivity (Wildman–Crippen MR) is 45.7 cm³/mol. The molecule has 0 aromatic carbocycles. The van der Waals surface area contributed by atoms with Crippen molar-refractivity contribution in [3.8, 4) is 0 Å². The van der Waals surface area contributed by atoms with Crippen molar-refractivity contribution in [1.29, 1.82) is 0 Å². The van der Waals surface area contributed by atoms with Crippen LogP contribution in [0.1, 0.15) is 39.5 Å². The van der Waals surface area contributed by atoms with E-state index in [-0.39, 0.29) is 5.41 Å². The van der Waals surface area contributed by atoms with E-state index in [0.29, 0.717) is 6.42 Å². The minimum absolute atomic E-state index is 0.101. The summed E-state index contributed by atoms with van der Waals surface area (Å²) in [6.07, 6.45) is 3.58. The molecule has 1 saturated carbocycles. The number of oxime groups is 1. The van der Waals surface area contributed by atoms with Gasteiger partial charge in [-0.3, -0.25) is 0 Å². The molecule has 0 aromatic rings. The Hall–Kier alpha value is -0.570. The van der Waals surface area contributed by atoms with Gasteiger partial charge in [-0.1, -0.05) is 19.0 Å². The van der Waals surface area contributed by atoms with Gasteiger partial charge in [0.05, 0.1) is 11.1 Å². The second-order valence-electron chi connectivity index (χ2n) is 3.70. The van der Waals surface area contributed by atoms with Crippen molar-refractivity contribution in [2.45, 2.75) is 45.3 Å². The Bertz CT molecular complexity index is 233. The molecule has 0 amide bonds. The Balaban J connectivity index is 2.27. The summed E-state index contributed by atoms with van der Waals surface area (Å²) >= 11 is 0. The van der Waals surface area contributed by atoms with Crippen LogP contribution in [0.2, 0.25) is 0 Å². The molecule has 68 valence electrons. The van der Waals surface area contributed by atoms with E-state index in [1.165, 1.54) is 0 Å². The third kappa shape index (κ3) is 0.724. The summed E-state index contributed by atoms with van der Waals surface area (Å²) in [7, 11) is 0. The van der Waals surface area contributed by atoms with E-state index in [4.69, 9.17) is 4.84 Å². The Morgan fingerprint density at radius 1 is 1.50 bits per heavy atom. The quantitative estimate of drug-likeness (QED) is 0.683. The van der Waals surface area contributed by atoms with Crippen molar-refractivity contribution in [3.05, 3.63) is 0 Å². The van der Waals surface area contributed by atoms with Crippen LogP contribution in [0.15, 0.2) is 5.16 Å². The first-order valence-corrected chi connectivity index (χ1v) is 4.66. The number of nitrogens with zero attached hydrogens (tertiary/aromatic N) is 1. The lowest BCUT2D eigenvalue weighted by molar-refractivity contribution is -0.216. The lowest BCUT2D eigenvalue weighted by Gasteiger charge is -2.25. The summed E-state index contributed by atoms with van der Waals surface area (Å²) in [5.74, 6) is -0.988. The van der Waals surface area contributed by atoms with Gasteiger partial charge in [0.25, 0.3) is 0 Å². The van der Waals surface area contributed by atoms with E-state index in [0.717, 1.165) is 25.0 Å². The molecule has 1 N–H and O–H groups in total. The predicted octanol–water partition coefficient (Wildman–Crippen LogP) is 1.66. The molecule has 2 rings (SSSR count). The third-order valence-electron chi connectivity index (χ3n) is 3.17. The molecule has 3 heteroatoms. The van der Waals surface area contributed by atoms with Gasteiger partial charge >= 0.3 is 0 Å². The first-order valence-electron chi connectivity index (χ1n) is 4.66. The van der Waals surface area contributed by atoms with Gasteiger partial charge in [-0.2, -0.15) is 0 Å². The Kier molecular flexibility index (Phi) is 1.49. The number of aliphatic hydroxyl groups is 1. The van der Waals surface area contributed by atoms with Crippen LogP contribution in [-0.4, -0.2) is 16.6 Å². The average molecular weight is 169 g/mol. The largest absolute Gasteiger partial charge is 0.360 e. The van der Waals surface area contributed by atoms with Crippen LogP contribution in [0.4, 0.5) is 0 Å². The van der Waals surface area contributed by atoms with Gasteiger partial charge in [0.15, 0.2) is 0 Å². The molecule has 0 aromatic heterocycles. The maximum atomic E-state index is 10.1. The van der Waals surface area contributed by atoms with Crippen LogP contribution in [0, 0.1) is 5.41 Å². The zero-order valence-corrected chi connectivity index (χ0v) is 7.63. The summed E-state index contributed by atoms with van der Waals surface area (Å²) in [4.78, 5) is 5.11. The first-order chi connectivity index (χ1) is 5.68. The Labute approximate surface area is 72.4 Å². The van der Waals surface area contributed by atoms with Gasteiger partial charge in [-0.15, -0.1) is 0 Å². The zero-order valence-electron chi connectivity index (χ0n) is 7.63. The van der Waals surface area contributed by atoms with Crippen LogP contribution >= 0.6 is 0 Å². The van der Waals surface area contributed by atoms with Gasteiger partial charge in [0.1, 0.15) is 0 Å². The van der Waals surface area contributed by atoms with E-state index in [9.17, 15) is 5.11 Å². The first kappa shape index (κ1) is 8.05. The maximum absolute atomic E-state index is 10.1. The second-order valence-corrected chi connectivity index (χ2v) is 3.70. The molecule has 0 bridgehead atoms. The minimum Gasteiger partial charge on any atom is -0.360 e. The number of hydrogen-bond acceptors (Lipinski definition) is 3. The molecule has 1 fully saturated rings. The Morgan fingerprint density at radius 2 is 2.17 bits per heavy atom. The van der Waals surface area contributed by atoms with Crippen LogP contribution in [0.5, 0.6) is 0 Å². The highest BCUT2D eigenvalue weighted by atomic mass is 16.7.